The smallest absolute Gasteiger partial charge is 0.0424 e. The summed E-state index contributed by atoms with van der Waals surface area (Å²) in [5.41, 5.74) is 8.69. The number of hydrogen-bond donors (Lipinski definition) is 1. The van der Waals surface area contributed by atoms with Gasteiger partial charge in [0, 0.05) is 23.7 Å². The van der Waals surface area contributed by atoms with Crippen molar-refractivity contribution < 1.29 is 0 Å². The highest BCUT2D eigenvalue weighted by Gasteiger charge is 2.15. The van der Waals surface area contributed by atoms with E-state index in [1.54, 1.807) is 0 Å². The third-order valence-corrected chi connectivity index (χ3v) is 3.98. The van der Waals surface area contributed by atoms with Gasteiger partial charge in [0.25, 0.3) is 0 Å². The first-order chi connectivity index (χ1) is 9.58. The summed E-state index contributed by atoms with van der Waals surface area (Å²) in [7, 11) is 2.10. The van der Waals surface area contributed by atoms with E-state index in [-0.39, 0.29) is 6.04 Å². The molecule has 2 atom stereocenters. The monoisotopic (exact) mass is 288 g/mol. The molecule has 0 aliphatic rings. The minimum Gasteiger partial charge on any atom is -0.323 e. The third-order valence-electron chi connectivity index (χ3n) is 3.73. The lowest BCUT2D eigenvalue weighted by Gasteiger charge is -2.28. The van der Waals surface area contributed by atoms with Gasteiger partial charge in [-0.15, -0.1) is 0 Å². The normalized spacial score (nSPS) is 14.2. The number of nitrogens with two attached hydrogens (primary N) is 1. The first-order valence-electron chi connectivity index (χ1n) is 6.84. The van der Waals surface area contributed by atoms with Gasteiger partial charge in [0.1, 0.15) is 0 Å². The van der Waals surface area contributed by atoms with Crippen molar-refractivity contribution in [3.05, 3.63) is 70.7 Å². The van der Waals surface area contributed by atoms with Crippen molar-refractivity contribution in [2.75, 3.05) is 13.6 Å². The zero-order valence-electron chi connectivity index (χ0n) is 12.0. The molecular weight excluding hydrogens is 268 g/mol. The van der Waals surface area contributed by atoms with Crippen LogP contribution in [-0.4, -0.2) is 18.5 Å². The summed E-state index contributed by atoms with van der Waals surface area (Å²) in [6.45, 7) is 2.99. The molecule has 3 heteroatoms. The summed E-state index contributed by atoms with van der Waals surface area (Å²) in [5.74, 6) is 0. The summed E-state index contributed by atoms with van der Waals surface area (Å²) in [4.78, 5) is 2.26. The molecule has 0 aliphatic carbocycles. The van der Waals surface area contributed by atoms with E-state index >= 15 is 0 Å². The zero-order chi connectivity index (χ0) is 14.5. The summed E-state index contributed by atoms with van der Waals surface area (Å²) in [5, 5.41) is 0.768. The van der Waals surface area contributed by atoms with Crippen LogP contribution in [0.3, 0.4) is 0 Å². The van der Waals surface area contributed by atoms with Crippen molar-refractivity contribution in [2.45, 2.75) is 19.0 Å². The van der Waals surface area contributed by atoms with Crippen LogP contribution in [0.15, 0.2) is 54.6 Å². The number of nitrogens with zero attached hydrogens (tertiary/aromatic N) is 1. The van der Waals surface area contributed by atoms with Crippen LogP contribution >= 0.6 is 11.6 Å². The number of halogens is 1. The maximum Gasteiger partial charge on any atom is 0.0424 e. The minimum absolute atomic E-state index is 0.0240. The molecule has 0 saturated carbocycles. The third kappa shape index (κ3) is 3.83. The van der Waals surface area contributed by atoms with E-state index in [9.17, 15) is 0 Å². The van der Waals surface area contributed by atoms with Gasteiger partial charge >= 0.3 is 0 Å². The lowest BCUT2D eigenvalue weighted by molar-refractivity contribution is 0.246. The highest BCUT2D eigenvalue weighted by atomic mass is 35.5. The van der Waals surface area contributed by atoms with E-state index in [0.29, 0.717) is 6.04 Å². The predicted octanol–water partition coefficient (Wildman–Crippen LogP) is 4.03. The molecule has 0 aromatic heterocycles. The minimum atomic E-state index is 0.0240. The van der Waals surface area contributed by atoms with Crippen LogP contribution in [0.4, 0.5) is 0 Å². The van der Waals surface area contributed by atoms with Gasteiger partial charge in [0.15, 0.2) is 0 Å². The molecule has 2 unspecified atom stereocenters. The quantitative estimate of drug-likeness (QED) is 0.900. The van der Waals surface area contributed by atoms with Crippen molar-refractivity contribution in [1.82, 2.24) is 4.90 Å². The highest BCUT2D eigenvalue weighted by molar-refractivity contribution is 6.30. The molecule has 0 aliphatic heterocycles. The van der Waals surface area contributed by atoms with Crippen LogP contribution in [0, 0.1) is 0 Å². The molecule has 20 heavy (non-hydrogen) atoms. The molecule has 0 amide bonds. The van der Waals surface area contributed by atoms with Crippen LogP contribution < -0.4 is 5.73 Å². The number of benzene rings is 2. The number of rotatable bonds is 5. The Morgan fingerprint density at radius 1 is 1.00 bits per heavy atom. The molecule has 0 bridgehead atoms. The SMILES string of the molecule is CC(c1ccc(Cl)cc1)N(C)CC(N)c1ccccc1. The summed E-state index contributed by atoms with van der Waals surface area (Å²) < 4.78 is 0. The lowest BCUT2D eigenvalue weighted by atomic mass is 10.0. The van der Waals surface area contributed by atoms with Gasteiger partial charge < -0.3 is 5.73 Å². The summed E-state index contributed by atoms with van der Waals surface area (Å²) in [6, 6.07) is 18.5. The van der Waals surface area contributed by atoms with E-state index in [1.165, 1.54) is 11.1 Å². The van der Waals surface area contributed by atoms with Gasteiger partial charge in [-0.05, 0) is 37.2 Å². The average Bonchev–Trinajstić information content (AvgIpc) is 2.48. The fourth-order valence-corrected chi connectivity index (χ4v) is 2.40. The van der Waals surface area contributed by atoms with Crippen molar-refractivity contribution >= 4 is 11.6 Å². The first kappa shape index (κ1) is 15.0. The Bertz CT molecular complexity index is 524. The number of likely N-dealkylation sites (N-methyl/N-ethyl adjacent to an activating group) is 1. The first-order valence-corrected chi connectivity index (χ1v) is 7.22. The highest BCUT2D eigenvalue weighted by Crippen LogP contribution is 2.22. The second-order valence-corrected chi connectivity index (χ2v) is 5.62. The van der Waals surface area contributed by atoms with E-state index in [2.05, 4.69) is 43.1 Å². The second kappa shape index (κ2) is 6.89. The molecule has 2 nitrogen and oxygen atoms in total. The lowest BCUT2D eigenvalue weighted by Crippen LogP contribution is -2.31. The Balaban J connectivity index is 2.00. The van der Waals surface area contributed by atoms with Crippen molar-refractivity contribution in [3.8, 4) is 0 Å². The Kier molecular flexibility index (Phi) is 5.18. The summed E-state index contributed by atoms with van der Waals surface area (Å²) in [6.07, 6.45) is 0. The second-order valence-electron chi connectivity index (χ2n) is 5.18. The number of hydrogen-bond acceptors (Lipinski definition) is 2. The average molecular weight is 289 g/mol. The Morgan fingerprint density at radius 2 is 1.60 bits per heavy atom. The van der Waals surface area contributed by atoms with Crippen LogP contribution in [0.5, 0.6) is 0 Å². The van der Waals surface area contributed by atoms with Gasteiger partial charge in [-0.1, -0.05) is 54.1 Å². The molecule has 0 radical (unpaired) electrons. The van der Waals surface area contributed by atoms with Gasteiger partial charge in [-0.3, -0.25) is 4.90 Å². The Hall–Kier alpha value is -1.35. The Labute approximate surface area is 126 Å². The summed E-state index contributed by atoms with van der Waals surface area (Å²) >= 11 is 5.93. The van der Waals surface area contributed by atoms with E-state index in [1.807, 2.05) is 30.3 Å². The Morgan fingerprint density at radius 3 is 2.20 bits per heavy atom. The van der Waals surface area contributed by atoms with Crippen LogP contribution in [0.2, 0.25) is 5.02 Å². The standard InChI is InChI=1S/C17H21ClN2/c1-13(14-8-10-16(18)11-9-14)20(2)12-17(19)15-6-4-3-5-7-15/h3-11,13,17H,12,19H2,1-2H3. The topological polar surface area (TPSA) is 29.3 Å². The molecule has 2 rings (SSSR count). The van der Waals surface area contributed by atoms with E-state index < -0.39 is 0 Å². The largest absolute Gasteiger partial charge is 0.323 e. The molecular formula is C17H21ClN2. The maximum atomic E-state index is 6.27. The molecule has 0 heterocycles. The molecule has 106 valence electrons. The van der Waals surface area contributed by atoms with Crippen molar-refractivity contribution in [2.24, 2.45) is 5.73 Å². The molecule has 2 aromatic rings. The van der Waals surface area contributed by atoms with Gasteiger partial charge in [0.2, 0.25) is 0 Å². The van der Waals surface area contributed by atoms with Crippen molar-refractivity contribution in [3.63, 3.8) is 0 Å². The molecule has 0 saturated heterocycles. The molecule has 2 N–H and O–H groups in total. The molecule has 0 spiro atoms. The van der Waals surface area contributed by atoms with Crippen LogP contribution in [-0.2, 0) is 0 Å². The van der Waals surface area contributed by atoms with Crippen molar-refractivity contribution in [1.29, 1.82) is 0 Å². The van der Waals surface area contributed by atoms with Gasteiger partial charge in [-0.25, -0.2) is 0 Å². The van der Waals surface area contributed by atoms with Crippen LogP contribution in [0.25, 0.3) is 0 Å². The van der Waals surface area contributed by atoms with E-state index in [0.717, 1.165) is 11.6 Å². The zero-order valence-corrected chi connectivity index (χ0v) is 12.7. The molecule has 0 fully saturated rings. The molecule has 2 aromatic carbocycles. The van der Waals surface area contributed by atoms with Crippen LogP contribution in [0.1, 0.15) is 30.1 Å². The predicted molar refractivity (Wildman–Crippen MR) is 85.9 cm³/mol. The maximum absolute atomic E-state index is 6.27. The fraction of sp³-hybridized carbons (Fsp3) is 0.294. The van der Waals surface area contributed by atoms with E-state index in [4.69, 9.17) is 17.3 Å². The van der Waals surface area contributed by atoms with Gasteiger partial charge in [-0.2, -0.15) is 0 Å². The fourth-order valence-electron chi connectivity index (χ4n) is 2.27. The van der Waals surface area contributed by atoms with Gasteiger partial charge in [0.05, 0.1) is 0 Å².